The molecule has 0 aliphatic carbocycles. The minimum atomic E-state index is -0.506. The van der Waals surface area contributed by atoms with Crippen molar-refractivity contribution >= 4 is 11.9 Å². The van der Waals surface area contributed by atoms with Gasteiger partial charge in [-0.1, -0.05) is 50.2 Å². The molecule has 5 nitrogen and oxygen atoms in total. The van der Waals surface area contributed by atoms with Gasteiger partial charge in [-0.2, -0.15) is 0 Å². The van der Waals surface area contributed by atoms with E-state index in [4.69, 9.17) is 14.2 Å². The lowest BCUT2D eigenvalue weighted by Crippen LogP contribution is -2.11. The average Bonchev–Trinajstić information content (AvgIpc) is 2.80. The molecule has 3 rings (SSSR count). The highest BCUT2D eigenvalue weighted by molar-refractivity contribution is 5.92. The van der Waals surface area contributed by atoms with E-state index in [0.29, 0.717) is 35.8 Å². The van der Waals surface area contributed by atoms with Crippen LogP contribution >= 0.6 is 0 Å². The molecule has 0 bridgehead atoms. The van der Waals surface area contributed by atoms with Gasteiger partial charge in [-0.15, -0.1) is 0 Å². The monoisotopic (exact) mass is 432 g/mol. The average molecular weight is 433 g/mol. The van der Waals surface area contributed by atoms with E-state index in [0.717, 1.165) is 12.0 Å². The zero-order valence-electron chi connectivity index (χ0n) is 18.5. The summed E-state index contributed by atoms with van der Waals surface area (Å²) < 4.78 is 16.4. The van der Waals surface area contributed by atoms with Gasteiger partial charge in [-0.05, 0) is 60.4 Å². The van der Waals surface area contributed by atoms with Gasteiger partial charge in [-0.25, -0.2) is 9.59 Å². The summed E-state index contributed by atoms with van der Waals surface area (Å²) in [6.07, 6.45) is 1.60. The van der Waals surface area contributed by atoms with Crippen molar-refractivity contribution in [2.24, 2.45) is 5.92 Å². The maximum absolute atomic E-state index is 12.5. The molecule has 0 unspecified atom stereocenters. The molecule has 0 atom stereocenters. The molecule has 0 spiro atoms. The molecule has 0 saturated heterocycles. The highest BCUT2D eigenvalue weighted by atomic mass is 16.5. The first-order valence-corrected chi connectivity index (χ1v) is 10.8. The van der Waals surface area contributed by atoms with Crippen molar-refractivity contribution in [1.29, 1.82) is 0 Å². The highest BCUT2D eigenvalue weighted by Crippen LogP contribution is 2.18. The van der Waals surface area contributed by atoms with Crippen LogP contribution in [0.4, 0.5) is 0 Å². The molecule has 0 radical (unpaired) electrons. The van der Waals surface area contributed by atoms with E-state index in [1.54, 1.807) is 42.5 Å². The summed E-state index contributed by atoms with van der Waals surface area (Å²) in [6.45, 7) is 5.19. The van der Waals surface area contributed by atoms with E-state index >= 15 is 0 Å². The number of carbonyl (C=O) groups is 2. The van der Waals surface area contributed by atoms with Crippen LogP contribution in [0.5, 0.6) is 11.5 Å². The van der Waals surface area contributed by atoms with E-state index in [2.05, 4.69) is 13.8 Å². The van der Waals surface area contributed by atoms with Crippen LogP contribution < -0.4 is 9.47 Å². The predicted molar refractivity (Wildman–Crippen MR) is 123 cm³/mol. The fourth-order valence-corrected chi connectivity index (χ4v) is 2.94. The number of hydrogen-bond donors (Lipinski definition) is 0. The summed E-state index contributed by atoms with van der Waals surface area (Å²) in [5.74, 6) is 0.600. The van der Waals surface area contributed by atoms with Crippen molar-refractivity contribution in [3.8, 4) is 11.5 Å². The third-order valence-corrected chi connectivity index (χ3v) is 4.80. The summed E-state index contributed by atoms with van der Waals surface area (Å²) in [5.41, 5.74) is 1.83. The van der Waals surface area contributed by atoms with Gasteiger partial charge in [0.2, 0.25) is 0 Å². The molecule has 3 aromatic rings. The summed E-state index contributed by atoms with van der Waals surface area (Å²) in [6, 6.07) is 23.0. The minimum Gasteiger partial charge on any atom is -0.494 e. The number of ether oxygens (including phenoxy) is 3. The Bertz CT molecular complexity index is 1010. The Kier molecular flexibility index (Phi) is 8.44. The van der Waals surface area contributed by atoms with Gasteiger partial charge in [0.1, 0.15) is 11.5 Å². The van der Waals surface area contributed by atoms with E-state index in [1.807, 2.05) is 30.3 Å². The van der Waals surface area contributed by atoms with Gasteiger partial charge >= 0.3 is 11.9 Å². The first kappa shape index (κ1) is 23.1. The lowest BCUT2D eigenvalue weighted by molar-refractivity contribution is 0.0507. The fraction of sp³-hybridized carbons (Fsp3) is 0.259. The Balaban J connectivity index is 1.52. The SMILES string of the molecule is CC(C)CCOc1ccc(C(=O)Oc2cccc(C(=O)OCCc3ccccc3)c2)cc1. The molecule has 32 heavy (non-hydrogen) atoms. The smallest absolute Gasteiger partial charge is 0.343 e. The second-order valence-electron chi connectivity index (χ2n) is 7.84. The van der Waals surface area contributed by atoms with Gasteiger partial charge in [0.25, 0.3) is 0 Å². The van der Waals surface area contributed by atoms with Gasteiger partial charge in [0.05, 0.1) is 24.3 Å². The van der Waals surface area contributed by atoms with Gasteiger partial charge in [-0.3, -0.25) is 0 Å². The minimum absolute atomic E-state index is 0.276. The van der Waals surface area contributed by atoms with Crippen molar-refractivity contribution in [3.05, 3.63) is 95.6 Å². The normalized spacial score (nSPS) is 10.6. The molecule has 0 amide bonds. The third-order valence-electron chi connectivity index (χ3n) is 4.80. The van der Waals surface area contributed by atoms with Crippen LogP contribution in [0, 0.1) is 5.92 Å². The molecular formula is C27H28O5. The van der Waals surface area contributed by atoms with E-state index < -0.39 is 11.9 Å². The quantitative estimate of drug-likeness (QED) is 0.302. The number of carbonyl (C=O) groups excluding carboxylic acids is 2. The van der Waals surface area contributed by atoms with E-state index in [9.17, 15) is 9.59 Å². The van der Waals surface area contributed by atoms with Crippen molar-refractivity contribution < 1.29 is 23.8 Å². The summed E-state index contributed by atoms with van der Waals surface area (Å²) >= 11 is 0. The molecule has 0 saturated carbocycles. The lowest BCUT2D eigenvalue weighted by Gasteiger charge is -2.09. The lowest BCUT2D eigenvalue weighted by atomic mass is 10.1. The fourth-order valence-electron chi connectivity index (χ4n) is 2.94. The standard InChI is InChI=1S/C27H28O5/c1-20(2)15-17-30-24-13-11-22(12-14-24)27(29)32-25-10-6-9-23(19-25)26(28)31-18-16-21-7-4-3-5-8-21/h3-14,19-20H,15-18H2,1-2H3. The number of rotatable bonds is 10. The van der Waals surface area contributed by atoms with Gasteiger partial charge < -0.3 is 14.2 Å². The molecule has 166 valence electrons. The summed E-state index contributed by atoms with van der Waals surface area (Å²) in [5, 5.41) is 0. The van der Waals surface area contributed by atoms with Crippen LogP contribution in [0.3, 0.4) is 0 Å². The highest BCUT2D eigenvalue weighted by Gasteiger charge is 2.12. The molecule has 0 aliphatic rings. The summed E-state index contributed by atoms with van der Waals surface area (Å²) in [4.78, 5) is 24.8. The Hall–Kier alpha value is -3.60. The zero-order valence-corrected chi connectivity index (χ0v) is 18.5. The first-order valence-electron chi connectivity index (χ1n) is 10.8. The predicted octanol–water partition coefficient (Wildman–Crippen LogP) is 5.73. The van der Waals surface area contributed by atoms with Crippen molar-refractivity contribution in [1.82, 2.24) is 0 Å². The molecule has 0 fully saturated rings. The van der Waals surface area contributed by atoms with E-state index in [1.165, 1.54) is 6.07 Å². The molecular weight excluding hydrogens is 404 g/mol. The maximum Gasteiger partial charge on any atom is 0.343 e. The Morgan fingerprint density at radius 3 is 2.22 bits per heavy atom. The van der Waals surface area contributed by atoms with Crippen LogP contribution in [0.2, 0.25) is 0 Å². The second-order valence-corrected chi connectivity index (χ2v) is 7.84. The van der Waals surface area contributed by atoms with Crippen LogP contribution in [-0.2, 0) is 11.2 Å². The zero-order chi connectivity index (χ0) is 22.8. The molecule has 0 aromatic heterocycles. The molecule has 5 heteroatoms. The number of esters is 2. The van der Waals surface area contributed by atoms with Crippen LogP contribution in [0.1, 0.15) is 46.5 Å². The van der Waals surface area contributed by atoms with Gasteiger partial charge in [0.15, 0.2) is 0 Å². The Morgan fingerprint density at radius 2 is 1.50 bits per heavy atom. The van der Waals surface area contributed by atoms with Crippen molar-refractivity contribution in [3.63, 3.8) is 0 Å². The third kappa shape index (κ3) is 7.27. The number of benzene rings is 3. The maximum atomic E-state index is 12.5. The summed E-state index contributed by atoms with van der Waals surface area (Å²) in [7, 11) is 0. The van der Waals surface area contributed by atoms with Gasteiger partial charge in [0, 0.05) is 6.42 Å². The van der Waals surface area contributed by atoms with Crippen LogP contribution in [0.25, 0.3) is 0 Å². The van der Waals surface area contributed by atoms with Crippen molar-refractivity contribution in [2.75, 3.05) is 13.2 Å². The Labute approximate surface area is 188 Å². The second kappa shape index (κ2) is 11.7. The largest absolute Gasteiger partial charge is 0.494 e. The van der Waals surface area contributed by atoms with E-state index in [-0.39, 0.29) is 12.4 Å². The molecule has 0 heterocycles. The van der Waals surface area contributed by atoms with Crippen molar-refractivity contribution in [2.45, 2.75) is 26.7 Å². The molecule has 0 N–H and O–H groups in total. The van der Waals surface area contributed by atoms with Crippen LogP contribution in [0.15, 0.2) is 78.9 Å². The molecule has 3 aromatic carbocycles. The Morgan fingerprint density at radius 1 is 0.750 bits per heavy atom. The first-order chi connectivity index (χ1) is 15.5. The topological polar surface area (TPSA) is 61.8 Å². The van der Waals surface area contributed by atoms with Crippen LogP contribution in [-0.4, -0.2) is 25.2 Å². The number of hydrogen-bond acceptors (Lipinski definition) is 5. The molecule has 0 aliphatic heterocycles.